The van der Waals surface area contributed by atoms with E-state index in [0.717, 1.165) is 32.4 Å². The highest BCUT2D eigenvalue weighted by atomic mass is 16.2. The molecule has 0 saturated heterocycles. The minimum atomic E-state index is -0.0591. The van der Waals surface area contributed by atoms with Crippen LogP contribution in [0.15, 0.2) is 0 Å². The summed E-state index contributed by atoms with van der Waals surface area (Å²) in [7, 11) is 5.51. The molecule has 19 heavy (non-hydrogen) atoms. The lowest BCUT2D eigenvalue weighted by Gasteiger charge is -2.21. The first kappa shape index (κ1) is 15.9. The number of hydrogen-bond donors (Lipinski definition) is 2. The summed E-state index contributed by atoms with van der Waals surface area (Å²) in [4.78, 5) is 27.0. The van der Waals surface area contributed by atoms with Crippen LogP contribution < -0.4 is 10.6 Å². The maximum atomic E-state index is 11.9. The lowest BCUT2D eigenvalue weighted by molar-refractivity contribution is -0.135. The Morgan fingerprint density at radius 3 is 2.47 bits per heavy atom. The first-order chi connectivity index (χ1) is 9.02. The van der Waals surface area contributed by atoms with Gasteiger partial charge in [-0.3, -0.25) is 14.5 Å². The molecule has 0 bridgehead atoms. The Morgan fingerprint density at radius 1 is 1.21 bits per heavy atom. The Bertz CT molecular complexity index is 305. The zero-order valence-electron chi connectivity index (χ0n) is 12.2. The number of carbonyl (C=O) groups is 2. The summed E-state index contributed by atoms with van der Waals surface area (Å²) in [5, 5.41) is 5.95. The predicted octanol–water partition coefficient (Wildman–Crippen LogP) is -0.735. The van der Waals surface area contributed by atoms with Crippen molar-refractivity contribution in [1.82, 2.24) is 20.4 Å². The standard InChI is InChI=1S/C13H26N4O2/c1-14-7-4-8-16(2)10-13(19)17(3)9-12(18)15-11-5-6-11/h11,14H,4-10H2,1-3H3,(H,15,18). The van der Waals surface area contributed by atoms with Crippen molar-refractivity contribution in [3.05, 3.63) is 0 Å². The number of nitrogens with zero attached hydrogens (tertiary/aromatic N) is 2. The van der Waals surface area contributed by atoms with Gasteiger partial charge in [-0.25, -0.2) is 0 Å². The summed E-state index contributed by atoms with van der Waals surface area (Å²) in [6.07, 6.45) is 3.14. The third-order valence-electron chi connectivity index (χ3n) is 3.12. The minimum absolute atomic E-state index is 0.0158. The number of amides is 2. The summed E-state index contributed by atoms with van der Waals surface area (Å²) in [6, 6.07) is 0.347. The van der Waals surface area contributed by atoms with Crippen LogP contribution in [0.3, 0.4) is 0 Å². The van der Waals surface area contributed by atoms with Crippen molar-refractivity contribution >= 4 is 11.8 Å². The van der Waals surface area contributed by atoms with Crippen molar-refractivity contribution in [2.45, 2.75) is 25.3 Å². The highest BCUT2D eigenvalue weighted by molar-refractivity contribution is 5.85. The van der Waals surface area contributed by atoms with Crippen molar-refractivity contribution in [3.63, 3.8) is 0 Å². The van der Waals surface area contributed by atoms with Gasteiger partial charge in [-0.1, -0.05) is 0 Å². The van der Waals surface area contributed by atoms with Crippen LogP contribution in [0.25, 0.3) is 0 Å². The van der Waals surface area contributed by atoms with Crippen molar-refractivity contribution in [3.8, 4) is 0 Å². The summed E-state index contributed by atoms with van der Waals surface area (Å²) in [6.45, 7) is 2.32. The average Bonchev–Trinajstić information content (AvgIpc) is 3.12. The van der Waals surface area contributed by atoms with Gasteiger partial charge in [0.15, 0.2) is 0 Å². The molecule has 1 rings (SSSR count). The van der Waals surface area contributed by atoms with E-state index >= 15 is 0 Å². The molecule has 110 valence electrons. The second-order valence-electron chi connectivity index (χ2n) is 5.29. The molecule has 0 heterocycles. The van der Waals surface area contributed by atoms with Crippen molar-refractivity contribution in [2.75, 3.05) is 47.3 Å². The van der Waals surface area contributed by atoms with E-state index in [4.69, 9.17) is 0 Å². The molecule has 1 aliphatic rings. The van der Waals surface area contributed by atoms with Gasteiger partial charge in [-0.15, -0.1) is 0 Å². The van der Waals surface area contributed by atoms with Gasteiger partial charge in [0.05, 0.1) is 13.1 Å². The van der Waals surface area contributed by atoms with E-state index in [9.17, 15) is 9.59 Å². The lowest BCUT2D eigenvalue weighted by Crippen LogP contribution is -2.43. The van der Waals surface area contributed by atoms with Crippen LogP contribution in [0.5, 0.6) is 0 Å². The Hall–Kier alpha value is -1.14. The third-order valence-corrected chi connectivity index (χ3v) is 3.12. The average molecular weight is 270 g/mol. The maximum absolute atomic E-state index is 11.9. The fourth-order valence-corrected chi connectivity index (χ4v) is 1.76. The Labute approximate surface area is 115 Å². The minimum Gasteiger partial charge on any atom is -0.352 e. The highest BCUT2D eigenvalue weighted by Crippen LogP contribution is 2.18. The summed E-state index contributed by atoms with van der Waals surface area (Å²) in [5.41, 5.74) is 0. The second-order valence-corrected chi connectivity index (χ2v) is 5.29. The monoisotopic (exact) mass is 270 g/mol. The summed E-state index contributed by atoms with van der Waals surface area (Å²) < 4.78 is 0. The fraction of sp³-hybridized carbons (Fsp3) is 0.846. The van der Waals surface area contributed by atoms with Crippen LogP contribution in [0.2, 0.25) is 0 Å². The summed E-state index contributed by atoms with van der Waals surface area (Å²) in [5.74, 6) is -0.0749. The van der Waals surface area contributed by atoms with Crippen LogP contribution in [0, 0.1) is 0 Å². The topological polar surface area (TPSA) is 64.7 Å². The van der Waals surface area contributed by atoms with Crippen LogP contribution >= 0.6 is 0 Å². The molecule has 0 aromatic rings. The second kappa shape index (κ2) is 8.12. The number of carbonyl (C=O) groups excluding carboxylic acids is 2. The van der Waals surface area contributed by atoms with Gasteiger partial charge in [0.2, 0.25) is 11.8 Å². The van der Waals surface area contributed by atoms with Crippen LogP contribution in [0.1, 0.15) is 19.3 Å². The fourth-order valence-electron chi connectivity index (χ4n) is 1.76. The molecule has 0 radical (unpaired) electrons. The Morgan fingerprint density at radius 2 is 1.89 bits per heavy atom. The molecule has 2 N–H and O–H groups in total. The molecule has 1 fully saturated rings. The van der Waals surface area contributed by atoms with Gasteiger partial charge in [0.25, 0.3) is 0 Å². The molecule has 0 atom stereocenters. The number of likely N-dealkylation sites (N-methyl/N-ethyl adjacent to an activating group) is 2. The van der Waals surface area contributed by atoms with Crippen molar-refractivity contribution in [1.29, 1.82) is 0 Å². The SMILES string of the molecule is CNCCCN(C)CC(=O)N(C)CC(=O)NC1CC1. The molecular weight excluding hydrogens is 244 g/mol. The maximum Gasteiger partial charge on any atom is 0.239 e. The largest absolute Gasteiger partial charge is 0.352 e. The Kier molecular flexibility index (Phi) is 6.80. The number of nitrogens with one attached hydrogen (secondary N) is 2. The van der Waals surface area contributed by atoms with Crippen LogP contribution in [-0.4, -0.2) is 75.0 Å². The van der Waals surface area contributed by atoms with Crippen LogP contribution in [-0.2, 0) is 9.59 Å². The quantitative estimate of drug-likeness (QED) is 0.542. The number of rotatable bonds is 9. The van der Waals surface area contributed by atoms with E-state index in [1.54, 1.807) is 7.05 Å². The molecule has 0 unspecified atom stereocenters. The predicted molar refractivity (Wildman–Crippen MR) is 74.8 cm³/mol. The van der Waals surface area contributed by atoms with Gasteiger partial charge in [0, 0.05) is 13.1 Å². The van der Waals surface area contributed by atoms with Crippen LogP contribution in [0.4, 0.5) is 0 Å². The summed E-state index contributed by atoms with van der Waals surface area (Å²) >= 11 is 0. The molecule has 0 aromatic carbocycles. The molecular formula is C13H26N4O2. The molecule has 0 spiro atoms. The first-order valence-electron chi connectivity index (χ1n) is 6.89. The molecule has 0 aliphatic heterocycles. The normalized spacial score (nSPS) is 14.5. The highest BCUT2D eigenvalue weighted by Gasteiger charge is 2.24. The van der Waals surface area contributed by atoms with E-state index in [2.05, 4.69) is 10.6 Å². The van der Waals surface area contributed by atoms with Gasteiger partial charge in [-0.05, 0) is 46.4 Å². The molecule has 0 aromatic heterocycles. The molecule has 1 aliphatic carbocycles. The lowest BCUT2D eigenvalue weighted by atomic mass is 10.3. The smallest absolute Gasteiger partial charge is 0.239 e. The zero-order chi connectivity index (χ0) is 14.3. The third kappa shape index (κ3) is 7.12. The van der Waals surface area contributed by atoms with E-state index in [1.807, 2.05) is 19.0 Å². The van der Waals surface area contributed by atoms with E-state index in [-0.39, 0.29) is 18.4 Å². The van der Waals surface area contributed by atoms with Gasteiger partial charge in [0.1, 0.15) is 0 Å². The van der Waals surface area contributed by atoms with Gasteiger partial charge >= 0.3 is 0 Å². The molecule has 2 amide bonds. The van der Waals surface area contributed by atoms with E-state index < -0.39 is 0 Å². The van der Waals surface area contributed by atoms with Crippen molar-refractivity contribution < 1.29 is 9.59 Å². The first-order valence-corrected chi connectivity index (χ1v) is 6.89. The van der Waals surface area contributed by atoms with Crippen molar-refractivity contribution in [2.24, 2.45) is 0 Å². The van der Waals surface area contributed by atoms with Gasteiger partial charge in [-0.2, -0.15) is 0 Å². The molecule has 1 saturated carbocycles. The van der Waals surface area contributed by atoms with E-state index in [0.29, 0.717) is 12.6 Å². The zero-order valence-corrected chi connectivity index (χ0v) is 12.2. The molecule has 6 heteroatoms. The molecule has 6 nitrogen and oxygen atoms in total. The Balaban J connectivity index is 2.17. The van der Waals surface area contributed by atoms with Gasteiger partial charge < -0.3 is 15.5 Å². The number of hydrogen-bond acceptors (Lipinski definition) is 4. The van der Waals surface area contributed by atoms with E-state index in [1.165, 1.54) is 4.90 Å².